The van der Waals surface area contributed by atoms with Crippen LogP contribution in [0.2, 0.25) is 0 Å². The summed E-state index contributed by atoms with van der Waals surface area (Å²) in [7, 11) is 1.61. The van der Waals surface area contributed by atoms with Crippen LogP contribution in [0.3, 0.4) is 0 Å². The van der Waals surface area contributed by atoms with Crippen LogP contribution in [0.4, 0.5) is 5.13 Å². The number of rotatable bonds is 5. The summed E-state index contributed by atoms with van der Waals surface area (Å²) in [5, 5.41) is 8.01. The number of piperidine rings is 1. The number of carbonyl (C=O) groups is 1. The van der Waals surface area contributed by atoms with Crippen molar-refractivity contribution in [2.75, 3.05) is 38.3 Å². The Balaban J connectivity index is 1.74. The third kappa shape index (κ3) is 3.57. The van der Waals surface area contributed by atoms with Crippen molar-refractivity contribution < 1.29 is 9.53 Å². The van der Waals surface area contributed by atoms with Crippen LogP contribution in [0.15, 0.2) is 10.9 Å². The summed E-state index contributed by atoms with van der Waals surface area (Å²) in [5.41, 5.74) is 0.509. The zero-order chi connectivity index (χ0) is 17.1. The number of carbonyl (C=O) groups excluding carboxylic acids is 1. The van der Waals surface area contributed by atoms with E-state index < -0.39 is 0 Å². The highest BCUT2D eigenvalue weighted by Gasteiger charge is 2.27. The molecule has 2 aromatic heterocycles. The molecule has 1 atom stereocenters. The van der Waals surface area contributed by atoms with Crippen LogP contribution in [0.5, 0.6) is 0 Å². The van der Waals surface area contributed by atoms with Crippen molar-refractivity contribution in [1.29, 1.82) is 0 Å². The molecule has 0 unspecified atom stereocenters. The molecule has 0 spiro atoms. The second-order valence-corrected chi connectivity index (χ2v) is 6.82. The van der Waals surface area contributed by atoms with E-state index in [-0.39, 0.29) is 17.4 Å². The Morgan fingerprint density at radius 3 is 3.17 bits per heavy atom. The van der Waals surface area contributed by atoms with Crippen LogP contribution < -0.4 is 15.8 Å². The monoisotopic (exact) mass is 351 g/mol. The molecule has 1 amide bonds. The molecule has 3 heterocycles. The summed E-state index contributed by atoms with van der Waals surface area (Å²) < 4.78 is 6.28. The molecule has 1 fully saturated rings. The molecule has 0 aliphatic carbocycles. The lowest BCUT2D eigenvalue weighted by atomic mass is 9.97. The number of nitrogens with zero attached hydrogens (tertiary/aromatic N) is 4. The lowest BCUT2D eigenvalue weighted by Crippen LogP contribution is -2.43. The van der Waals surface area contributed by atoms with Crippen molar-refractivity contribution in [1.82, 2.24) is 19.9 Å². The quantitative estimate of drug-likeness (QED) is 0.787. The van der Waals surface area contributed by atoms with Gasteiger partial charge in [0, 0.05) is 38.5 Å². The van der Waals surface area contributed by atoms with Crippen molar-refractivity contribution in [3.8, 4) is 0 Å². The molecule has 1 N–H and O–H groups in total. The van der Waals surface area contributed by atoms with Crippen molar-refractivity contribution in [3.05, 3.63) is 22.1 Å². The standard InChI is InChI=1S/C15H21N5O3S/c1-10-8-12(21)20-14(17-10)24-15(18-20)19-6-3-4-11(9-19)13(22)16-5-7-23-2/h8,11H,3-7,9H2,1-2H3,(H,16,22)/t11-/m1/s1. The summed E-state index contributed by atoms with van der Waals surface area (Å²) in [4.78, 5) is 31.2. The highest BCUT2D eigenvalue weighted by molar-refractivity contribution is 7.20. The van der Waals surface area contributed by atoms with Gasteiger partial charge in [0.25, 0.3) is 5.56 Å². The minimum absolute atomic E-state index is 0.0454. The van der Waals surface area contributed by atoms with Crippen LogP contribution in [0, 0.1) is 12.8 Å². The van der Waals surface area contributed by atoms with Gasteiger partial charge in [-0.25, -0.2) is 4.98 Å². The highest BCUT2D eigenvalue weighted by Crippen LogP contribution is 2.26. The third-order valence-corrected chi connectivity index (χ3v) is 5.00. The Bertz CT molecular complexity index is 787. The average Bonchev–Trinajstić information content (AvgIpc) is 2.99. The second kappa shape index (κ2) is 7.27. The fraction of sp³-hybridized carbons (Fsp3) is 0.600. The van der Waals surface area contributed by atoms with E-state index in [0.717, 1.165) is 24.5 Å². The van der Waals surface area contributed by atoms with E-state index in [9.17, 15) is 9.59 Å². The number of aryl methyl sites for hydroxylation is 1. The van der Waals surface area contributed by atoms with Gasteiger partial charge in [0.2, 0.25) is 16.0 Å². The van der Waals surface area contributed by atoms with E-state index in [1.807, 2.05) is 0 Å². The number of hydrogen-bond acceptors (Lipinski definition) is 7. The summed E-state index contributed by atoms with van der Waals surface area (Å²) in [5.74, 6) is -0.0296. The first-order chi connectivity index (χ1) is 11.6. The van der Waals surface area contributed by atoms with E-state index in [1.54, 1.807) is 14.0 Å². The Morgan fingerprint density at radius 2 is 2.38 bits per heavy atom. The van der Waals surface area contributed by atoms with E-state index in [0.29, 0.717) is 30.4 Å². The minimum atomic E-state index is -0.175. The van der Waals surface area contributed by atoms with Gasteiger partial charge < -0.3 is 15.0 Å². The topological polar surface area (TPSA) is 88.8 Å². The van der Waals surface area contributed by atoms with Crippen LogP contribution >= 0.6 is 11.3 Å². The molecule has 0 bridgehead atoms. The molecule has 2 aromatic rings. The number of hydrogen-bond donors (Lipinski definition) is 1. The van der Waals surface area contributed by atoms with Crippen LogP contribution in [0.25, 0.3) is 4.96 Å². The molecule has 1 aliphatic rings. The van der Waals surface area contributed by atoms with E-state index >= 15 is 0 Å². The lowest BCUT2D eigenvalue weighted by molar-refractivity contribution is -0.125. The normalized spacial score (nSPS) is 18.1. The Labute approximate surface area is 143 Å². The lowest BCUT2D eigenvalue weighted by Gasteiger charge is -2.31. The molecule has 24 heavy (non-hydrogen) atoms. The van der Waals surface area contributed by atoms with Crippen molar-refractivity contribution in [3.63, 3.8) is 0 Å². The maximum Gasteiger partial charge on any atom is 0.275 e. The predicted octanol–water partition coefficient (Wildman–Crippen LogP) is 0.438. The van der Waals surface area contributed by atoms with Crippen molar-refractivity contribution >= 4 is 27.3 Å². The van der Waals surface area contributed by atoms with Gasteiger partial charge in [0.15, 0.2) is 0 Å². The number of aromatic nitrogens is 3. The van der Waals surface area contributed by atoms with E-state index in [1.165, 1.54) is 21.9 Å². The molecule has 9 heteroatoms. The van der Waals surface area contributed by atoms with E-state index in [2.05, 4.69) is 20.3 Å². The molecule has 1 aliphatic heterocycles. The summed E-state index contributed by atoms with van der Waals surface area (Å²) in [6, 6.07) is 1.47. The van der Waals surface area contributed by atoms with Gasteiger partial charge in [-0.05, 0) is 19.8 Å². The first-order valence-electron chi connectivity index (χ1n) is 7.97. The van der Waals surface area contributed by atoms with Gasteiger partial charge in [0.1, 0.15) is 0 Å². The molecular formula is C15H21N5O3S. The molecule has 0 radical (unpaired) electrons. The molecule has 130 valence electrons. The molecule has 0 saturated carbocycles. The molecule has 8 nitrogen and oxygen atoms in total. The third-order valence-electron chi connectivity index (χ3n) is 4.03. The fourth-order valence-corrected chi connectivity index (χ4v) is 3.81. The van der Waals surface area contributed by atoms with E-state index in [4.69, 9.17) is 4.74 Å². The predicted molar refractivity (Wildman–Crippen MR) is 91.7 cm³/mol. The van der Waals surface area contributed by atoms with Crippen molar-refractivity contribution in [2.45, 2.75) is 19.8 Å². The van der Waals surface area contributed by atoms with Gasteiger partial charge in [-0.1, -0.05) is 11.3 Å². The molecular weight excluding hydrogens is 330 g/mol. The number of methoxy groups -OCH3 is 1. The fourth-order valence-electron chi connectivity index (χ4n) is 2.82. The minimum Gasteiger partial charge on any atom is -0.383 e. The maximum absolute atomic E-state index is 12.2. The van der Waals surface area contributed by atoms with Crippen LogP contribution in [0.1, 0.15) is 18.5 Å². The largest absolute Gasteiger partial charge is 0.383 e. The SMILES string of the molecule is COCCNC(=O)[C@@H]1CCCN(c2nn3c(=O)cc(C)nc3s2)C1. The average molecular weight is 351 g/mol. The van der Waals surface area contributed by atoms with Gasteiger partial charge in [0.05, 0.1) is 12.5 Å². The maximum atomic E-state index is 12.2. The van der Waals surface area contributed by atoms with Crippen LogP contribution in [-0.2, 0) is 9.53 Å². The van der Waals surface area contributed by atoms with Gasteiger partial charge in [-0.3, -0.25) is 9.59 Å². The molecule has 1 saturated heterocycles. The molecule has 3 rings (SSSR count). The first-order valence-corrected chi connectivity index (χ1v) is 8.79. The summed E-state index contributed by atoms with van der Waals surface area (Å²) >= 11 is 1.38. The first kappa shape index (κ1) is 16.8. The summed E-state index contributed by atoms with van der Waals surface area (Å²) in [6.07, 6.45) is 1.77. The Kier molecular flexibility index (Phi) is 5.10. The number of amides is 1. The number of fused-ring (bicyclic) bond motifs is 1. The zero-order valence-electron chi connectivity index (χ0n) is 13.8. The molecule has 0 aromatic carbocycles. The van der Waals surface area contributed by atoms with Gasteiger partial charge >= 0.3 is 0 Å². The number of ether oxygens (including phenoxy) is 1. The Morgan fingerprint density at radius 1 is 1.54 bits per heavy atom. The second-order valence-electron chi connectivity index (χ2n) is 5.88. The van der Waals surface area contributed by atoms with Crippen LogP contribution in [-0.4, -0.2) is 53.9 Å². The Hall–Kier alpha value is -2.00. The summed E-state index contributed by atoms with van der Waals surface area (Å²) in [6.45, 7) is 4.25. The number of anilines is 1. The smallest absolute Gasteiger partial charge is 0.275 e. The van der Waals surface area contributed by atoms with Crippen molar-refractivity contribution in [2.24, 2.45) is 5.92 Å². The highest BCUT2D eigenvalue weighted by atomic mass is 32.1. The number of nitrogens with one attached hydrogen (secondary N) is 1. The zero-order valence-corrected chi connectivity index (χ0v) is 14.6. The van der Waals surface area contributed by atoms with Gasteiger partial charge in [-0.2, -0.15) is 4.52 Å². The van der Waals surface area contributed by atoms with Gasteiger partial charge in [-0.15, -0.1) is 5.10 Å².